The average Bonchev–Trinajstić information content (AvgIpc) is 4.37. The molecule has 2 aromatic heterocycles. The molecule has 16 rings (SSSR count). The molecule has 2 unspecified atom stereocenters. The highest BCUT2D eigenvalue weighted by Crippen LogP contribution is 2.60. The van der Waals surface area contributed by atoms with Crippen LogP contribution in [0.25, 0.3) is 119 Å². The van der Waals surface area contributed by atoms with Crippen molar-refractivity contribution >= 4 is 107 Å². The predicted octanol–water partition coefficient (Wildman–Crippen LogP) is 18.9. The molecule has 1 aliphatic rings. The Morgan fingerprint density at radius 2 is 0.597 bits per heavy atom. The highest BCUT2D eigenvalue weighted by molar-refractivity contribution is 7.68. The number of benzene rings is 13. The van der Waals surface area contributed by atoms with Gasteiger partial charge in [-0.05, 0) is 125 Å². The van der Waals surface area contributed by atoms with E-state index in [0.717, 1.165) is 0 Å². The molecule has 3 heterocycles. The maximum absolute atomic E-state index is 2.97. The summed E-state index contributed by atoms with van der Waals surface area (Å²) >= 11 is 0. The van der Waals surface area contributed by atoms with E-state index in [0.29, 0.717) is 0 Å². The van der Waals surface area contributed by atoms with Crippen molar-refractivity contribution in [3.05, 3.63) is 291 Å². The molecule has 2 atom stereocenters. The van der Waals surface area contributed by atoms with Gasteiger partial charge in [0.15, 0.2) is 8.07 Å². The fourth-order valence-electron chi connectivity index (χ4n) is 13.8. The largest absolute Gasteiger partial charge is 0.181 e. The summed E-state index contributed by atoms with van der Waals surface area (Å²) in [4.78, 5) is 0. The molecule has 77 heavy (non-hydrogen) atoms. The van der Waals surface area contributed by atoms with Gasteiger partial charge in [-0.15, -0.1) is 0 Å². The van der Waals surface area contributed by atoms with Crippen LogP contribution in [-0.4, -0.2) is 8.07 Å². The lowest BCUT2D eigenvalue weighted by Gasteiger charge is -2.33. The molecule has 3 heteroatoms. The molecule has 1 aliphatic heterocycles. The van der Waals surface area contributed by atoms with E-state index in [4.69, 9.17) is 0 Å². The first-order chi connectivity index (χ1) is 38.3. The van der Waals surface area contributed by atoms with Crippen LogP contribution in [-0.2, 0) is 0 Å². The van der Waals surface area contributed by atoms with Crippen molar-refractivity contribution in [2.75, 3.05) is 0 Å². The zero-order valence-electron chi connectivity index (χ0n) is 42.1. The van der Waals surface area contributed by atoms with Crippen molar-refractivity contribution in [1.82, 2.24) is 0 Å². The third-order valence-electron chi connectivity index (χ3n) is 16.8. The molecule has 0 saturated heterocycles. The molecule has 0 spiro atoms. The monoisotopic (exact) mass is 1030 g/mol. The minimum atomic E-state index is -2.97. The Labute approximate surface area is 450 Å². The first kappa shape index (κ1) is 44.5. The summed E-state index contributed by atoms with van der Waals surface area (Å²) in [5.41, 5.74) is 10.5. The fourth-order valence-corrected chi connectivity index (χ4v) is 24.8. The summed E-state index contributed by atoms with van der Waals surface area (Å²) in [6, 6.07) is 112. The van der Waals surface area contributed by atoms with Crippen LogP contribution in [0.3, 0.4) is 0 Å². The summed E-state index contributed by atoms with van der Waals surface area (Å²) in [7, 11) is -4.65. The standard InChI is InChI=1S/C74H48P2Si/c1-5-24-49(25-6-1)75-68-45-16-13-32-55(68)62-41-21-39-60(72(62)75)53-35-19-37-58-66(53)48-67-54(61-40-22-42-63-56-33-14-17-46-69(56)76(73(61)63)50-26-7-2-8-27-50)36-20-38-59(67)71(58)65-44-23-43-64-57-34-15-18-47-70(57)77(74(64)65,51-28-9-3-10-29-51)52-30-11-4-12-31-52/h1-48H. The van der Waals surface area contributed by atoms with Crippen LogP contribution < -0.4 is 20.7 Å². The lowest BCUT2D eigenvalue weighted by molar-refractivity contribution is 1.67. The van der Waals surface area contributed by atoms with Crippen molar-refractivity contribution in [1.29, 1.82) is 0 Å². The smallest absolute Gasteiger partial charge is 0.0766 e. The maximum atomic E-state index is 2.59. The van der Waals surface area contributed by atoms with E-state index in [1.165, 1.54) is 139 Å². The summed E-state index contributed by atoms with van der Waals surface area (Å²) in [6.07, 6.45) is 0. The van der Waals surface area contributed by atoms with Crippen LogP contribution in [0.5, 0.6) is 0 Å². The minimum Gasteiger partial charge on any atom is -0.0766 e. The molecule has 0 N–H and O–H groups in total. The molecular formula is C74H48P2Si. The van der Waals surface area contributed by atoms with E-state index in [1.54, 1.807) is 0 Å². The van der Waals surface area contributed by atoms with Gasteiger partial charge in [-0.25, -0.2) is 0 Å². The second-order valence-corrected chi connectivity index (χ2v) is 28.5. The van der Waals surface area contributed by atoms with E-state index in [1.807, 2.05) is 0 Å². The molecular weight excluding hydrogens is 979 g/mol. The summed E-state index contributed by atoms with van der Waals surface area (Å²) < 4.78 is 0. The van der Waals surface area contributed by atoms with Gasteiger partial charge >= 0.3 is 0 Å². The molecule has 0 radical (unpaired) electrons. The lowest BCUT2D eigenvalue weighted by atomic mass is 9.85. The summed E-state index contributed by atoms with van der Waals surface area (Å²) in [5.74, 6) is 0. The molecule has 358 valence electrons. The number of hydrogen-bond acceptors (Lipinski definition) is 0. The van der Waals surface area contributed by atoms with Crippen LogP contribution in [0.4, 0.5) is 0 Å². The van der Waals surface area contributed by atoms with Gasteiger partial charge in [0, 0.05) is 20.5 Å². The Balaban J connectivity index is 1.09. The molecule has 0 saturated carbocycles. The predicted molar refractivity (Wildman–Crippen MR) is 338 cm³/mol. The van der Waals surface area contributed by atoms with Gasteiger partial charge in [0.1, 0.15) is 0 Å². The topological polar surface area (TPSA) is 0 Å². The Morgan fingerprint density at radius 1 is 0.234 bits per heavy atom. The van der Waals surface area contributed by atoms with Gasteiger partial charge in [-0.3, -0.25) is 0 Å². The number of hydrogen-bond donors (Lipinski definition) is 0. The zero-order valence-corrected chi connectivity index (χ0v) is 44.9. The Bertz CT molecular complexity index is 4590. The van der Waals surface area contributed by atoms with Crippen molar-refractivity contribution in [3.8, 4) is 55.1 Å². The maximum Gasteiger partial charge on any atom is 0.181 e. The van der Waals surface area contributed by atoms with Crippen molar-refractivity contribution in [2.45, 2.75) is 0 Å². The van der Waals surface area contributed by atoms with Gasteiger partial charge < -0.3 is 0 Å². The fraction of sp³-hybridized carbons (Fsp3) is 0. The minimum absolute atomic E-state index is 0.841. The van der Waals surface area contributed by atoms with Crippen molar-refractivity contribution in [2.24, 2.45) is 0 Å². The third-order valence-corrected chi connectivity index (χ3v) is 26.9. The highest BCUT2D eigenvalue weighted by atomic mass is 31.1. The lowest BCUT2D eigenvalue weighted by Crippen LogP contribution is -2.73. The van der Waals surface area contributed by atoms with Gasteiger partial charge in [0.05, 0.1) is 0 Å². The van der Waals surface area contributed by atoms with E-state index >= 15 is 0 Å². The van der Waals surface area contributed by atoms with Crippen molar-refractivity contribution in [3.63, 3.8) is 0 Å². The molecule has 0 aliphatic carbocycles. The molecule has 13 aromatic carbocycles. The van der Waals surface area contributed by atoms with Gasteiger partial charge in [-0.1, -0.05) is 300 Å². The molecule has 0 fully saturated rings. The average molecular weight is 1030 g/mol. The second-order valence-electron chi connectivity index (χ2n) is 20.6. The van der Waals surface area contributed by atoms with Crippen LogP contribution in [0.2, 0.25) is 0 Å². The van der Waals surface area contributed by atoms with Crippen LogP contribution in [0.15, 0.2) is 291 Å². The normalized spacial score (nSPS) is 13.2. The van der Waals surface area contributed by atoms with Gasteiger partial charge in [-0.2, -0.15) is 0 Å². The second kappa shape index (κ2) is 17.6. The van der Waals surface area contributed by atoms with E-state index in [9.17, 15) is 0 Å². The van der Waals surface area contributed by atoms with Crippen LogP contribution in [0, 0.1) is 0 Å². The Morgan fingerprint density at radius 3 is 1.12 bits per heavy atom. The third kappa shape index (κ3) is 6.46. The van der Waals surface area contributed by atoms with E-state index < -0.39 is 23.1 Å². The van der Waals surface area contributed by atoms with Gasteiger partial charge in [0.25, 0.3) is 0 Å². The number of rotatable bonds is 7. The zero-order chi connectivity index (χ0) is 50.6. The highest BCUT2D eigenvalue weighted by Gasteiger charge is 2.50. The molecule has 15 aromatic rings. The van der Waals surface area contributed by atoms with Gasteiger partial charge in [0.2, 0.25) is 0 Å². The quantitative estimate of drug-likeness (QED) is 0.110. The van der Waals surface area contributed by atoms with Crippen LogP contribution in [0.1, 0.15) is 0 Å². The van der Waals surface area contributed by atoms with E-state index in [2.05, 4.69) is 291 Å². The molecule has 0 nitrogen and oxygen atoms in total. The summed E-state index contributed by atoms with van der Waals surface area (Å²) in [5, 5.41) is 24.7. The first-order valence-corrected chi connectivity index (χ1v) is 31.4. The van der Waals surface area contributed by atoms with Crippen molar-refractivity contribution < 1.29 is 0 Å². The molecule has 0 amide bonds. The van der Waals surface area contributed by atoms with Crippen LogP contribution >= 0.6 is 15.1 Å². The Hall–Kier alpha value is -8.80. The summed E-state index contributed by atoms with van der Waals surface area (Å²) in [6.45, 7) is 0. The van der Waals surface area contributed by atoms with E-state index in [-0.39, 0.29) is 0 Å². The first-order valence-electron chi connectivity index (χ1n) is 26.8. The Kier molecular flexibility index (Phi) is 10.2. The number of fused-ring (bicyclic) bond motifs is 11. The molecule has 0 bridgehead atoms. The SMILES string of the molecule is c1ccc(-p2c3ccccc3c3cccc(-c4cccc5c(-c6cccc7c6[Si](c6ccccc6)(c6ccccc6)c6ccccc6-7)c6cccc(-c7cccc8c9ccccc9p(-c9ccccc9)c78)c6cc45)c32)cc1.